The predicted octanol–water partition coefficient (Wildman–Crippen LogP) is 3.99. The molecule has 174 valence electrons. The van der Waals surface area contributed by atoms with Crippen molar-refractivity contribution in [2.75, 3.05) is 31.1 Å². The highest BCUT2D eigenvalue weighted by Crippen LogP contribution is 2.34. The SMILES string of the molecule is Cc1nc(COc2ccccc2C(=O)N2CCN(c3ncc(C(F)(F)F)cc3Cl)CC2)no1. The Bertz CT molecular complexity index is 1150. The Morgan fingerprint density at radius 3 is 2.58 bits per heavy atom. The predicted molar refractivity (Wildman–Crippen MR) is 112 cm³/mol. The number of amides is 1. The van der Waals surface area contributed by atoms with E-state index >= 15 is 0 Å². The number of hydrogen-bond donors (Lipinski definition) is 0. The van der Waals surface area contributed by atoms with Gasteiger partial charge in [0.05, 0.1) is 16.1 Å². The molecule has 1 saturated heterocycles. The van der Waals surface area contributed by atoms with Crippen LogP contribution in [0.2, 0.25) is 5.02 Å². The Kier molecular flexibility index (Phi) is 6.41. The summed E-state index contributed by atoms with van der Waals surface area (Å²) in [4.78, 5) is 24.5. The van der Waals surface area contributed by atoms with E-state index < -0.39 is 11.7 Å². The molecule has 12 heteroatoms. The first kappa shape index (κ1) is 22.8. The number of benzene rings is 1. The Balaban J connectivity index is 1.41. The zero-order valence-electron chi connectivity index (χ0n) is 17.5. The molecule has 0 saturated carbocycles. The van der Waals surface area contributed by atoms with E-state index in [0.29, 0.717) is 49.2 Å². The zero-order chi connectivity index (χ0) is 23.6. The molecule has 1 aliphatic rings. The molecule has 3 heterocycles. The molecule has 1 aliphatic heterocycles. The molecule has 0 bridgehead atoms. The average Bonchev–Trinajstić information content (AvgIpc) is 3.22. The standard InChI is InChI=1S/C21H19ClF3N5O3/c1-13-27-18(28-33-13)12-32-17-5-3-2-4-15(17)20(31)30-8-6-29(7-9-30)19-16(22)10-14(11-26-19)21(23,24)25/h2-5,10-11H,6-9,12H2,1H3. The summed E-state index contributed by atoms with van der Waals surface area (Å²) in [7, 11) is 0. The number of hydrogen-bond acceptors (Lipinski definition) is 7. The van der Waals surface area contributed by atoms with Crippen molar-refractivity contribution in [2.45, 2.75) is 19.7 Å². The highest BCUT2D eigenvalue weighted by molar-refractivity contribution is 6.33. The molecular weight excluding hydrogens is 463 g/mol. The second-order valence-corrected chi connectivity index (χ2v) is 7.73. The third-order valence-corrected chi connectivity index (χ3v) is 5.34. The van der Waals surface area contributed by atoms with E-state index in [2.05, 4.69) is 15.1 Å². The van der Waals surface area contributed by atoms with Crippen LogP contribution in [-0.4, -0.2) is 52.1 Å². The summed E-state index contributed by atoms with van der Waals surface area (Å²) in [6.45, 7) is 3.14. The van der Waals surface area contributed by atoms with Gasteiger partial charge in [-0.15, -0.1) is 0 Å². The van der Waals surface area contributed by atoms with Crippen LogP contribution in [0.1, 0.15) is 27.6 Å². The van der Waals surface area contributed by atoms with E-state index in [9.17, 15) is 18.0 Å². The quantitative estimate of drug-likeness (QED) is 0.545. The fourth-order valence-corrected chi connectivity index (χ4v) is 3.71. The number of aryl methyl sites for hydroxylation is 1. The average molecular weight is 482 g/mol. The molecule has 0 N–H and O–H groups in total. The molecule has 0 atom stereocenters. The number of piperazine rings is 1. The van der Waals surface area contributed by atoms with Crippen molar-refractivity contribution in [3.05, 3.63) is 64.4 Å². The Hall–Kier alpha value is -3.34. The first-order chi connectivity index (χ1) is 15.7. The fourth-order valence-electron chi connectivity index (χ4n) is 3.42. The van der Waals surface area contributed by atoms with Crippen molar-refractivity contribution in [3.63, 3.8) is 0 Å². The van der Waals surface area contributed by atoms with E-state index in [-0.39, 0.29) is 23.4 Å². The van der Waals surface area contributed by atoms with Crippen LogP contribution in [0.15, 0.2) is 41.1 Å². The van der Waals surface area contributed by atoms with E-state index in [1.165, 1.54) is 0 Å². The molecule has 2 aromatic heterocycles. The number of halogens is 4. The number of carbonyl (C=O) groups is 1. The van der Waals surface area contributed by atoms with E-state index in [1.807, 2.05) is 0 Å². The third kappa shape index (κ3) is 5.19. The van der Waals surface area contributed by atoms with Crippen molar-refractivity contribution < 1.29 is 27.2 Å². The molecule has 4 rings (SSSR count). The molecule has 1 fully saturated rings. The van der Waals surface area contributed by atoms with Gasteiger partial charge >= 0.3 is 6.18 Å². The van der Waals surface area contributed by atoms with Gasteiger partial charge in [0.25, 0.3) is 5.91 Å². The monoisotopic (exact) mass is 481 g/mol. The summed E-state index contributed by atoms with van der Waals surface area (Å²) in [6, 6.07) is 7.70. The molecule has 0 aliphatic carbocycles. The molecule has 8 nitrogen and oxygen atoms in total. The third-order valence-electron chi connectivity index (χ3n) is 5.06. The lowest BCUT2D eigenvalue weighted by Crippen LogP contribution is -2.49. The van der Waals surface area contributed by atoms with Crippen molar-refractivity contribution in [1.29, 1.82) is 0 Å². The van der Waals surface area contributed by atoms with Gasteiger partial charge in [-0.2, -0.15) is 18.2 Å². The topological polar surface area (TPSA) is 84.6 Å². The number of para-hydroxylation sites is 1. The van der Waals surface area contributed by atoms with Crippen molar-refractivity contribution >= 4 is 23.3 Å². The first-order valence-corrected chi connectivity index (χ1v) is 10.4. The molecular formula is C21H19ClF3N5O3. The number of anilines is 1. The fraction of sp³-hybridized carbons (Fsp3) is 0.333. The zero-order valence-corrected chi connectivity index (χ0v) is 18.2. The molecule has 33 heavy (non-hydrogen) atoms. The highest BCUT2D eigenvalue weighted by atomic mass is 35.5. The van der Waals surface area contributed by atoms with Crippen LogP contribution in [0.4, 0.5) is 19.0 Å². The van der Waals surface area contributed by atoms with E-state index in [4.69, 9.17) is 20.9 Å². The molecule has 3 aromatic rings. The summed E-state index contributed by atoms with van der Waals surface area (Å²) in [5.41, 5.74) is -0.519. The van der Waals surface area contributed by atoms with Crippen LogP contribution in [0.5, 0.6) is 5.75 Å². The van der Waals surface area contributed by atoms with Gasteiger partial charge in [-0.25, -0.2) is 4.98 Å². The van der Waals surface area contributed by atoms with Crippen molar-refractivity contribution in [3.8, 4) is 5.75 Å². The van der Waals surface area contributed by atoms with E-state index in [1.54, 1.807) is 41.0 Å². The van der Waals surface area contributed by atoms with Crippen LogP contribution in [0.25, 0.3) is 0 Å². The summed E-state index contributed by atoms with van der Waals surface area (Å²) in [6.07, 6.45) is -3.75. The van der Waals surface area contributed by atoms with Crippen LogP contribution in [0, 0.1) is 6.92 Å². The van der Waals surface area contributed by atoms with E-state index in [0.717, 1.165) is 12.3 Å². The lowest BCUT2D eigenvalue weighted by molar-refractivity contribution is -0.137. The second-order valence-electron chi connectivity index (χ2n) is 7.32. The van der Waals surface area contributed by atoms with Gasteiger partial charge in [-0.1, -0.05) is 28.9 Å². The van der Waals surface area contributed by atoms with Gasteiger partial charge < -0.3 is 19.1 Å². The molecule has 0 unspecified atom stereocenters. The smallest absolute Gasteiger partial charge is 0.417 e. The molecule has 0 radical (unpaired) electrons. The normalized spacial score (nSPS) is 14.5. The minimum Gasteiger partial charge on any atom is -0.485 e. The summed E-state index contributed by atoms with van der Waals surface area (Å²) in [5, 5.41) is 3.68. The Morgan fingerprint density at radius 2 is 1.94 bits per heavy atom. The first-order valence-electron chi connectivity index (χ1n) is 10.0. The maximum Gasteiger partial charge on any atom is 0.417 e. The minimum absolute atomic E-state index is 0.0491. The van der Waals surface area contributed by atoms with Crippen LogP contribution >= 0.6 is 11.6 Å². The number of rotatable bonds is 5. The maximum absolute atomic E-state index is 13.1. The number of pyridine rings is 1. The molecule has 1 amide bonds. The minimum atomic E-state index is -4.52. The van der Waals surface area contributed by atoms with Gasteiger partial charge in [0.15, 0.2) is 6.61 Å². The molecule has 0 spiro atoms. The maximum atomic E-state index is 13.1. The second kappa shape index (κ2) is 9.26. The van der Waals surface area contributed by atoms with Gasteiger partial charge in [0.1, 0.15) is 11.6 Å². The lowest BCUT2D eigenvalue weighted by atomic mass is 10.1. The van der Waals surface area contributed by atoms with Crippen LogP contribution < -0.4 is 9.64 Å². The number of ether oxygens (including phenoxy) is 1. The van der Waals surface area contributed by atoms with Crippen molar-refractivity contribution in [2.24, 2.45) is 0 Å². The number of aromatic nitrogens is 3. The van der Waals surface area contributed by atoms with Crippen LogP contribution in [0.3, 0.4) is 0 Å². The number of carbonyl (C=O) groups excluding carboxylic acids is 1. The summed E-state index contributed by atoms with van der Waals surface area (Å²) in [5.74, 6) is 1.21. The number of alkyl halides is 3. The van der Waals surface area contributed by atoms with Gasteiger partial charge in [0.2, 0.25) is 11.7 Å². The highest BCUT2D eigenvalue weighted by Gasteiger charge is 2.32. The van der Waals surface area contributed by atoms with Gasteiger partial charge in [-0.3, -0.25) is 4.79 Å². The summed E-state index contributed by atoms with van der Waals surface area (Å²) < 4.78 is 49.2. The summed E-state index contributed by atoms with van der Waals surface area (Å²) >= 11 is 6.05. The van der Waals surface area contributed by atoms with Gasteiger partial charge in [0, 0.05) is 39.3 Å². The number of nitrogens with zero attached hydrogens (tertiary/aromatic N) is 5. The largest absolute Gasteiger partial charge is 0.485 e. The Labute approximate surface area is 191 Å². The Morgan fingerprint density at radius 1 is 1.21 bits per heavy atom. The lowest BCUT2D eigenvalue weighted by Gasteiger charge is -2.36. The van der Waals surface area contributed by atoms with Crippen LogP contribution in [-0.2, 0) is 12.8 Å². The van der Waals surface area contributed by atoms with Gasteiger partial charge in [-0.05, 0) is 18.2 Å². The van der Waals surface area contributed by atoms with Crippen molar-refractivity contribution in [1.82, 2.24) is 20.0 Å². The molecule has 1 aromatic carbocycles.